The molecule has 0 bridgehead atoms. The van der Waals surface area contributed by atoms with Gasteiger partial charge in [-0.1, -0.05) is 30.3 Å². The summed E-state index contributed by atoms with van der Waals surface area (Å²) in [4.78, 5) is 10.3. The molecule has 0 unspecified atom stereocenters. The first kappa shape index (κ1) is 12.9. The molecule has 5 heteroatoms. The average molecular weight is 257 g/mol. The molecule has 0 fully saturated rings. The minimum absolute atomic E-state index is 0.00205. The molecule has 0 amide bonds. The summed E-state index contributed by atoms with van der Waals surface area (Å²) < 4.78 is 0. The van der Waals surface area contributed by atoms with Crippen molar-refractivity contribution < 1.29 is 4.92 Å². The van der Waals surface area contributed by atoms with Gasteiger partial charge in [0.1, 0.15) is 0 Å². The number of nitrogen functional groups attached to an aromatic ring is 1. The van der Waals surface area contributed by atoms with Gasteiger partial charge in [-0.05, 0) is 18.1 Å². The molecule has 0 saturated carbocycles. The highest BCUT2D eigenvalue weighted by Crippen LogP contribution is 2.22. The number of nitrogens with one attached hydrogen (secondary N) is 1. The summed E-state index contributed by atoms with van der Waals surface area (Å²) in [6, 6.07) is 14.6. The molecule has 0 aliphatic rings. The lowest BCUT2D eigenvalue weighted by molar-refractivity contribution is -0.384. The fourth-order valence-corrected chi connectivity index (χ4v) is 1.84. The Hall–Kier alpha value is -2.56. The van der Waals surface area contributed by atoms with E-state index in [1.807, 2.05) is 30.3 Å². The largest absolute Gasteiger partial charge is 0.398 e. The van der Waals surface area contributed by atoms with Gasteiger partial charge < -0.3 is 11.1 Å². The Balaban J connectivity index is 1.98. The third kappa shape index (κ3) is 3.70. The Morgan fingerprint density at radius 3 is 2.58 bits per heavy atom. The quantitative estimate of drug-likeness (QED) is 0.490. The molecular formula is C14H15N3O2. The first-order valence-electron chi connectivity index (χ1n) is 5.98. The van der Waals surface area contributed by atoms with E-state index >= 15 is 0 Å². The van der Waals surface area contributed by atoms with Crippen LogP contribution in [0.4, 0.5) is 17.1 Å². The molecule has 0 spiro atoms. The Bertz CT molecular complexity index is 570. The van der Waals surface area contributed by atoms with Crippen molar-refractivity contribution in [3.05, 3.63) is 64.2 Å². The van der Waals surface area contributed by atoms with Crippen molar-refractivity contribution in [1.82, 2.24) is 0 Å². The first-order chi connectivity index (χ1) is 9.15. The number of nitrogens with two attached hydrogens (primary N) is 1. The van der Waals surface area contributed by atoms with Crippen LogP contribution in [0.5, 0.6) is 0 Å². The van der Waals surface area contributed by atoms with E-state index in [2.05, 4.69) is 5.32 Å². The molecule has 0 aromatic heterocycles. The van der Waals surface area contributed by atoms with Crippen LogP contribution in [0, 0.1) is 10.1 Å². The predicted molar refractivity (Wildman–Crippen MR) is 76.1 cm³/mol. The number of hydrogen-bond acceptors (Lipinski definition) is 4. The monoisotopic (exact) mass is 257 g/mol. The molecule has 0 aliphatic heterocycles. The maximum atomic E-state index is 10.7. The van der Waals surface area contributed by atoms with Gasteiger partial charge in [0.15, 0.2) is 0 Å². The SMILES string of the molecule is Nc1cc(NCCc2ccccc2)cc([N+](=O)[O-])c1. The van der Waals surface area contributed by atoms with Crippen molar-refractivity contribution in [2.24, 2.45) is 0 Å². The van der Waals surface area contributed by atoms with Crippen molar-refractivity contribution in [3.63, 3.8) is 0 Å². The Kier molecular flexibility index (Phi) is 3.97. The van der Waals surface area contributed by atoms with Gasteiger partial charge in [-0.25, -0.2) is 0 Å². The van der Waals surface area contributed by atoms with Crippen LogP contribution in [-0.4, -0.2) is 11.5 Å². The summed E-state index contributed by atoms with van der Waals surface area (Å²) in [5, 5.41) is 13.9. The van der Waals surface area contributed by atoms with Crippen molar-refractivity contribution in [2.75, 3.05) is 17.6 Å². The lowest BCUT2D eigenvalue weighted by atomic mass is 10.1. The van der Waals surface area contributed by atoms with Gasteiger partial charge in [-0.15, -0.1) is 0 Å². The van der Waals surface area contributed by atoms with Gasteiger partial charge in [-0.3, -0.25) is 10.1 Å². The number of nitro groups is 1. The molecule has 2 rings (SSSR count). The highest BCUT2D eigenvalue weighted by molar-refractivity contribution is 5.61. The van der Waals surface area contributed by atoms with Crippen LogP contribution in [0.1, 0.15) is 5.56 Å². The van der Waals surface area contributed by atoms with E-state index in [1.165, 1.54) is 17.7 Å². The number of rotatable bonds is 5. The standard InChI is InChI=1S/C14H15N3O2/c15-12-8-13(10-14(9-12)17(18)19)16-7-6-11-4-2-1-3-5-11/h1-5,8-10,16H,6-7,15H2. The maximum Gasteiger partial charge on any atom is 0.273 e. The van der Waals surface area contributed by atoms with Crippen LogP contribution < -0.4 is 11.1 Å². The third-order valence-electron chi connectivity index (χ3n) is 2.74. The van der Waals surface area contributed by atoms with Gasteiger partial charge in [0, 0.05) is 30.1 Å². The molecule has 0 radical (unpaired) electrons. The van der Waals surface area contributed by atoms with Crippen LogP contribution in [0.15, 0.2) is 48.5 Å². The summed E-state index contributed by atoms with van der Waals surface area (Å²) >= 11 is 0. The molecular weight excluding hydrogens is 242 g/mol. The van der Waals surface area contributed by atoms with E-state index in [4.69, 9.17) is 5.73 Å². The second kappa shape index (κ2) is 5.86. The molecule has 0 aliphatic carbocycles. The minimum Gasteiger partial charge on any atom is -0.398 e. The van der Waals surface area contributed by atoms with Gasteiger partial charge in [0.05, 0.1) is 4.92 Å². The van der Waals surface area contributed by atoms with Gasteiger partial charge in [0.2, 0.25) is 0 Å². The van der Waals surface area contributed by atoms with E-state index in [-0.39, 0.29) is 5.69 Å². The fraction of sp³-hybridized carbons (Fsp3) is 0.143. The molecule has 0 atom stereocenters. The smallest absolute Gasteiger partial charge is 0.273 e. The highest BCUT2D eigenvalue weighted by atomic mass is 16.6. The summed E-state index contributed by atoms with van der Waals surface area (Å²) in [5.74, 6) is 0. The van der Waals surface area contributed by atoms with E-state index < -0.39 is 4.92 Å². The zero-order valence-electron chi connectivity index (χ0n) is 10.4. The maximum absolute atomic E-state index is 10.7. The molecule has 3 N–H and O–H groups in total. The van der Waals surface area contributed by atoms with Crippen molar-refractivity contribution in [2.45, 2.75) is 6.42 Å². The second-order valence-electron chi connectivity index (χ2n) is 4.23. The molecule has 19 heavy (non-hydrogen) atoms. The molecule has 0 heterocycles. The number of anilines is 2. The van der Waals surface area contributed by atoms with Crippen LogP contribution >= 0.6 is 0 Å². The van der Waals surface area contributed by atoms with E-state index in [0.29, 0.717) is 17.9 Å². The number of hydrogen-bond donors (Lipinski definition) is 2. The van der Waals surface area contributed by atoms with Gasteiger partial charge in [-0.2, -0.15) is 0 Å². The normalized spacial score (nSPS) is 10.1. The van der Waals surface area contributed by atoms with E-state index in [1.54, 1.807) is 6.07 Å². The van der Waals surface area contributed by atoms with Crippen molar-refractivity contribution in [1.29, 1.82) is 0 Å². The summed E-state index contributed by atoms with van der Waals surface area (Å²) in [6.45, 7) is 0.699. The van der Waals surface area contributed by atoms with Crippen molar-refractivity contribution in [3.8, 4) is 0 Å². The summed E-state index contributed by atoms with van der Waals surface area (Å²) in [7, 11) is 0. The Morgan fingerprint density at radius 1 is 1.16 bits per heavy atom. The van der Waals surface area contributed by atoms with Gasteiger partial charge in [0.25, 0.3) is 5.69 Å². The fourth-order valence-electron chi connectivity index (χ4n) is 1.84. The molecule has 98 valence electrons. The number of benzene rings is 2. The van der Waals surface area contributed by atoms with E-state index in [0.717, 1.165) is 6.42 Å². The predicted octanol–water partition coefficient (Wildman–Crippen LogP) is 2.83. The lowest BCUT2D eigenvalue weighted by Crippen LogP contribution is -2.05. The van der Waals surface area contributed by atoms with E-state index in [9.17, 15) is 10.1 Å². The highest BCUT2D eigenvalue weighted by Gasteiger charge is 2.07. The summed E-state index contributed by atoms with van der Waals surface area (Å²) in [5.41, 5.74) is 7.91. The topological polar surface area (TPSA) is 81.2 Å². The van der Waals surface area contributed by atoms with Crippen LogP contribution in [0.2, 0.25) is 0 Å². The number of nitrogens with zero attached hydrogens (tertiary/aromatic N) is 1. The van der Waals surface area contributed by atoms with Crippen LogP contribution in [-0.2, 0) is 6.42 Å². The third-order valence-corrected chi connectivity index (χ3v) is 2.74. The van der Waals surface area contributed by atoms with Crippen LogP contribution in [0.25, 0.3) is 0 Å². The molecule has 0 saturated heterocycles. The summed E-state index contributed by atoms with van der Waals surface area (Å²) in [6.07, 6.45) is 0.851. The average Bonchev–Trinajstić information content (AvgIpc) is 2.39. The molecule has 5 nitrogen and oxygen atoms in total. The minimum atomic E-state index is -0.446. The van der Waals surface area contributed by atoms with Crippen molar-refractivity contribution >= 4 is 17.1 Å². The zero-order valence-corrected chi connectivity index (χ0v) is 10.4. The number of non-ortho nitro benzene ring substituents is 1. The molecule has 2 aromatic carbocycles. The Morgan fingerprint density at radius 2 is 1.89 bits per heavy atom. The second-order valence-corrected chi connectivity index (χ2v) is 4.23. The Labute approximate surface area is 111 Å². The zero-order chi connectivity index (χ0) is 13.7. The number of nitro benzene ring substituents is 1. The molecule has 2 aromatic rings. The van der Waals surface area contributed by atoms with Gasteiger partial charge >= 0.3 is 0 Å². The van der Waals surface area contributed by atoms with Crippen LogP contribution in [0.3, 0.4) is 0 Å². The first-order valence-corrected chi connectivity index (χ1v) is 5.98. The lowest BCUT2D eigenvalue weighted by Gasteiger charge is -2.07.